The molecular formula is C16H15N3O2. The van der Waals surface area contributed by atoms with E-state index in [4.69, 9.17) is 4.74 Å². The van der Waals surface area contributed by atoms with Crippen molar-refractivity contribution in [3.63, 3.8) is 0 Å². The third kappa shape index (κ3) is 2.76. The summed E-state index contributed by atoms with van der Waals surface area (Å²) in [7, 11) is 1.64. The molecule has 0 fully saturated rings. The topological polar surface area (TPSA) is 56.5 Å². The van der Waals surface area contributed by atoms with Gasteiger partial charge in [-0.15, -0.1) is 0 Å². The summed E-state index contributed by atoms with van der Waals surface area (Å²) in [5.74, 6) is 0.896. The van der Waals surface area contributed by atoms with E-state index in [1.807, 2.05) is 24.3 Å². The van der Waals surface area contributed by atoms with E-state index in [1.54, 1.807) is 36.4 Å². The minimum Gasteiger partial charge on any atom is -0.497 e. The summed E-state index contributed by atoms with van der Waals surface area (Å²) in [4.78, 5) is 16.3. The Hall–Kier alpha value is -2.69. The Bertz CT molecular complexity index is 763. The second-order valence-electron chi connectivity index (χ2n) is 4.74. The number of hydrogen-bond acceptors (Lipinski definition) is 4. The van der Waals surface area contributed by atoms with Crippen molar-refractivity contribution in [3.05, 3.63) is 60.2 Å². The zero-order chi connectivity index (χ0) is 14.7. The molecule has 0 amide bonds. The highest BCUT2D eigenvalue weighted by Gasteiger charge is 2.12. The van der Waals surface area contributed by atoms with Crippen molar-refractivity contribution in [2.45, 2.75) is 12.8 Å². The number of rotatable bonds is 5. The quantitative estimate of drug-likeness (QED) is 0.674. The number of methoxy groups -OCH3 is 1. The molecule has 3 rings (SSSR count). The predicted molar refractivity (Wildman–Crippen MR) is 78.6 cm³/mol. The van der Waals surface area contributed by atoms with E-state index >= 15 is 0 Å². The monoisotopic (exact) mass is 281 g/mol. The minimum atomic E-state index is 0.0776. The van der Waals surface area contributed by atoms with Gasteiger partial charge in [-0.05, 0) is 24.1 Å². The fourth-order valence-corrected chi connectivity index (χ4v) is 2.23. The van der Waals surface area contributed by atoms with Crippen molar-refractivity contribution in [2.75, 3.05) is 7.11 Å². The largest absolute Gasteiger partial charge is 0.497 e. The highest BCUT2D eigenvalue weighted by atomic mass is 16.5. The molecule has 21 heavy (non-hydrogen) atoms. The number of fused-ring (bicyclic) bond motifs is 1. The third-order valence-electron chi connectivity index (χ3n) is 3.42. The van der Waals surface area contributed by atoms with Crippen molar-refractivity contribution >= 4 is 11.3 Å². The molecule has 3 aromatic rings. The first-order chi connectivity index (χ1) is 10.3. The van der Waals surface area contributed by atoms with Gasteiger partial charge in [-0.2, -0.15) is 5.10 Å². The smallest absolute Gasteiger partial charge is 0.167 e. The number of nitrogens with zero attached hydrogens (tertiary/aromatic N) is 3. The van der Waals surface area contributed by atoms with E-state index in [0.29, 0.717) is 18.4 Å². The lowest BCUT2D eigenvalue weighted by atomic mass is 10.0. The van der Waals surface area contributed by atoms with E-state index < -0.39 is 0 Å². The molecule has 1 aromatic carbocycles. The van der Waals surface area contributed by atoms with Crippen LogP contribution in [0.5, 0.6) is 5.75 Å². The number of carbonyl (C=O) groups excluding carboxylic acids is 1. The molecule has 0 N–H and O–H groups in total. The number of aryl methyl sites for hydroxylation is 1. The lowest BCUT2D eigenvalue weighted by Crippen LogP contribution is -2.01. The summed E-state index contributed by atoms with van der Waals surface area (Å²) in [6.45, 7) is 0. The van der Waals surface area contributed by atoms with Crippen LogP contribution in [0.3, 0.4) is 0 Å². The van der Waals surface area contributed by atoms with Crippen LogP contribution in [0.1, 0.15) is 22.3 Å². The molecule has 0 aliphatic carbocycles. The number of ketones is 1. The second-order valence-corrected chi connectivity index (χ2v) is 4.74. The van der Waals surface area contributed by atoms with Gasteiger partial charge in [0, 0.05) is 18.8 Å². The van der Waals surface area contributed by atoms with Gasteiger partial charge in [-0.25, -0.2) is 4.52 Å². The van der Waals surface area contributed by atoms with E-state index in [2.05, 4.69) is 10.1 Å². The zero-order valence-corrected chi connectivity index (χ0v) is 11.7. The molecule has 2 heterocycles. The number of hydrogen-bond donors (Lipinski definition) is 0. The fourth-order valence-electron chi connectivity index (χ4n) is 2.23. The van der Waals surface area contributed by atoms with E-state index in [-0.39, 0.29) is 5.78 Å². The highest BCUT2D eigenvalue weighted by molar-refractivity contribution is 6.02. The van der Waals surface area contributed by atoms with Crippen LogP contribution in [0.2, 0.25) is 0 Å². The lowest BCUT2D eigenvalue weighted by Gasteiger charge is -2.03. The molecule has 106 valence electrons. The van der Waals surface area contributed by atoms with Crippen molar-refractivity contribution in [1.29, 1.82) is 0 Å². The third-order valence-corrected chi connectivity index (χ3v) is 3.42. The maximum atomic E-state index is 12.3. The first kappa shape index (κ1) is 13.3. The number of benzene rings is 1. The molecule has 0 radical (unpaired) electrons. The molecule has 0 spiro atoms. The van der Waals surface area contributed by atoms with Crippen LogP contribution >= 0.6 is 0 Å². The Kier molecular flexibility index (Phi) is 3.64. The summed E-state index contributed by atoms with van der Waals surface area (Å²) < 4.78 is 6.78. The average Bonchev–Trinajstić information content (AvgIpc) is 2.97. The molecule has 0 bridgehead atoms. The molecule has 2 aromatic heterocycles. The van der Waals surface area contributed by atoms with Crippen LogP contribution in [0.15, 0.2) is 49.1 Å². The molecule has 5 heteroatoms. The summed E-state index contributed by atoms with van der Waals surface area (Å²) in [5, 5.41) is 4.16. The molecule has 0 saturated carbocycles. The summed E-state index contributed by atoms with van der Waals surface area (Å²) in [5.41, 5.74) is 2.48. The Labute approximate surface area is 122 Å². The van der Waals surface area contributed by atoms with Crippen LogP contribution in [-0.2, 0) is 6.42 Å². The van der Waals surface area contributed by atoms with Crippen LogP contribution in [-0.4, -0.2) is 27.5 Å². The average molecular weight is 281 g/mol. The van der Waals surface area contributed by atoms with Crippen LogP contribution in [0.4, 0.5) is 0 Å². The van der Waals surface area contributed by atoms with Gasteiger partial charge >= 0.3 is 0 Å². The maximum Gasteiger partial charge on any atom is 0.167 e. The molecule has 0 unspecified atom stereocenters. The Morgan fingerprint density at radius 3 is 2.81 bits per heavy atom. The standard InChI is InChI=1S/C16H15N3O2/c1-21-13-5-2-12(3-6-13)4-7-16(20)14-10-18-19-9-8-17-11-15(14)19/h2-3,5-6,8-11H,4,7H2,1H3. The highest BCUT2D eigenvalue weighted by Crippen LogP contribution is 2.15. The van der Waals surface area contributed by atoms with Gasteiger partial charge < -0.3 is 4.74 Å². The molecular weight excluding hydrogens is 266 g/mol. The van der Waals surface area contributed by atoms with Gasteiger partial charge in [0.25, 0.3) is 0 Å². The van der Waals surface area contributed by atoms with Crippen molar-refractivity contribution < 1.29 is 9.53 Å². The SMILES string of the molecule is COc1ccc(CCC(=O)c2cnn3ccncc23)cc1. The Morgan fingerprint density at radius 1 is 1.24 bits per heavy atom. The molecule has 0 atom stereocenters. The van der Waals surface area contributed by atoms with Crippen molar-refractivity contribution in [2.24, 2.45) is 0 Å². The van der Waals surface area contributed by atoms with E-state index in [9.17, 15) is 4.79 Å². The normalized spacial score (nSPS) is 10.7. The zero-order valence-electron chi connectivity index (χ0n) is 11.7. The Balaban J connectivity index is 1.71. The van der Waals surface area contributed by atoms with Gasteiger partial charge in [0.2, 0.25) is 0 Å². The molecule has 0 aliphatic rings. The van der Waals surface area contributed by atoms with Gasteiger partial charge in [0.15, 0.2) is 5.78 Å². The lowest BCUT2D eigenvalue weighted by molar-refractivity contribution is 0.0984. The van der Waals surface area contributed by atoms with Crippen LogP contribution < -0.4 is 4.74 Å². The number of ether oxygens (including phenoxy) is 1. The molecule has 0 aliphatic heterocycles. The predicted octanol–water partition coefficient (Wildman–Crippen LogP) is 2.55. The van der Waals surface area contributed by atoms with Gasteiger partial charge in [-0.1, -0.05) is 12.1 Å². The number of carbonyl (C=O) groups is 1. The molecule has 0 saturated heterocycles. The van der Waals surface area contributed by atoms with E-state index in [0.717, 1.165) is 16.8 Å². The number of Topliss-reactive ketones (excluding diaryl/α,β-unsaturated/α-hetero) is 1. The van der Waals surface area contributed by atoms with Gasteiger partial charge in [-0.3, -0.25) is 9.78 Å². The Morgan fingerprint density at radius 2 is 2.05 bits per heavy atom. The van der Waals surface area contributed by atoms with Crippen molar-refractivity contribution in [1.82, 2.24) is 14.6 Å². The van der Waals surface area contributed by atoms with Gasteiger partial charge in [0.05, 0.1) is 30.6 Å². The summed E-state index contributed by atoms with van der Waals surface area (Å²) in [6.07, 6.45) is 7.78. The van der Waals surface area contributed by atoms with E-state index in [1.165, 1.54) is 0 Å². The first-order valence-electron chi connectivity index (χ1n) is 6.71. The maximum absolute atomic E-state index is 12.3. The van der Waals surface area contributed by atoms with Gasteiger partial charge in [0.1, 0.15) is 5.75 Å². The minimum absolute atomic E-state index is 0.0776. The summed E-state index contributed by atoms with van der Waals surface area (Å²) in [6, 6.07) is 7.76. The summed E-state index contributed by atoms with van der Waals surface area (Å²) >= 11 is 0. The van der Waals surface area contributed by atoms with Crippen molar-refractivity contribution in [3.8, 4) is 5.75 Å². The second kappa shape index (κ2) is 5.75. The fraction of sp³-hybridized carbons (Fsp3) is 0.188. The van der Waals surface area contributed by atoms with Crippen LogP contribution in [0, 0.1) is 0 Å². The number of aromatic nitrogens is 3. The molecule has 5 nitrogen and oxygen atoms in total. The van der Waals surface area contributed by atoms with Crippen LogP contribution in [0.25, 0.3) is 5.52 Å². The first-order valence-corrected chi connectivity index (χ1v) is 6.71.